The largest absolute Gasteiger partial charge is 0.493 e. The fourth-order valence-corrected chi connectivity index (χ4v) is 3.47. The van der Waals surface area contributed by atoms with E-state index in [0.717, 1.165) is 16.8 Å². The second-order valence-electron chi connectivity index (χ2n) is 7.53. The van der Waals surface area contributed by atoms with Gasteiger partial charge in [-0.15, -0.1) is 0 Å². The van der Waals surface area contributed by atoms with E-state index in [9.17, 15) is 22.8 Å². The molecule has 1 heterocycles. The summed E-state index contributed by atoms with van der Waals surface area (Å²) in [6.45, 7) is -0.436. The number of benzene rings is 3. The van der Waals surface area contributed by atoms with Crippen molar-refractivity contribution in [2.45, 2.75) is 6.18 Å². The summed E-state index contributed by atoms with van der Waals surface area (Å²) in [6, 6.07) is 15.7. The molecule has 36 heavy (non-hydrogen) atoms. The lowest BCUT2D eigenvalue weighted by Gasteiger charge is -2.13. The van der Waals surface area contributed by atoms with Gasteiger partial charge in [0.05, 0.1) is 29.8 Å². The Balaban J connectivity index is 1.91. The summed E-state index contributed by atoms with van der Waals surface area (Å²) >= 11 is 0. The van der Waals surface area contributed by atoms with Gasteiger partial charge in [-0.25, -0.2) is 4.98 Å². The summed E-state index contributed by atoms with van der Waals surface area (Å²) in [7, 11) is 1.40. The van der Waals surface area contributed by atoms with Gasteiger partial charge in [0.15, 0.2) is 23.9 Å². The van der Waals surface area contributed by atoms with E-state index in [-0.39, 0.29) is 28.3 Å². The van der Waals surface area contributed by atoms with Crippen molar-refractivity contribution in [3.8, 4) is 22.9 Å². The highest BCUT2D eigenvalue weighted by atomic mass is 19.4. The van der Waals surface area contributed by atoms with Crippen LogP contribution < -0.4 is 20.8 Å². The van der Waals surface area contributed by atoms with Crippen molar-refractivity contribution in [2.24, 2.45) is 10.8 Å². The Bertz CT molecular complexity index is 1530. The van der Waals surface area contributed by atoms with Crippen molar-refractivity contribution < 1.29 is 27.4 Å². The standard InChI is InChI=1S/C25H19F3N4O4/c1-35-20-11-5-7-16(22(20)36-14-21(29)33)13-30-32-23(15-6-4-8-17(12-15)25(26,27)28)31-19-10-3-2-9-18(19)24(32)34/h2-13H,14H2,1H3,(H2,29,33). The molecule has 1 aromatic heterocycles. The molecule has 0 unspecified atom stereocenters. The van der Waals surface area contributed by atoms with Crippen molar-refractivity contribution in [1.82, 2.24) is 9.66 Å². The fourth-order valence-electron chi connectivity index (χ4n) is 3.47. The Morgan fingerprint density at radius 3 is 2.58 bits per heavy atom. The number of fused-ring (bicyclic) bond motifs is 1. The van der Waals surface area contributed by atoms with Gasteiger partial charge in [0.25, 0.3) is 11.5 Å². The third kappa shape index (κ3) is 5.04. The minimum Gasteiger partial charge on any atom is -0.493 e. The van der Waals surface area contributed by atoms with Crippen LogP contribution in [0.2, 0.25) is 0 Å². The normalized spacial score (nSPS) is 11.7. The number of amides is 1. The molecular formula is C25H19F3N4O4. The van der Waals surface area contributed by atoms with Crippen LogP contribution in [0.25, 0.3) is 22.3 Å². The van der Waals surface area contributed by atoms with Crippen molar-refractivity contribution in [2.75, 3.05) is 13.7 Å². The number of rotatable bonds is 7. The first-order chi connectivity index (χ1) is 17.2. The highest BCUT2D eigenvalue weighted by Crippen LogP contribution is 2.32. The molecule has 0 spiro atoms. The van der Waals surface area contributed by atoms with E-state index in [1.54, 1.807) is 42.5 Å². The summed E-state index contributed by atoms with van der Waals surface area (Å²) in [4.78, 5) is 29.0. The van der Waals surface area contributed by atoms with Gasteiger partial charge < -0.3 is 15.2 Å². The van der Waals surface area contributed by atoms with Crippen LogP contribution >= 0.6 is 0 Å². The van der Waals surface area contributed by atoms with Gasteiger partial charge in [0.2, 0.25) is 0 Å². The number of para-hydroxylation sites is 2. The lowest BCUT2D eigenvalue weighted by molar-refractivity contribution is -0.137. The summed E-state index contributed by atoms with van der Waals surface area (Å²) < 4.78 is 51.7. The molecule has 0 saturated carbocycles. The molecule has 1 amide bonds. The number of alkyl halides is 3. The van der Waals surface area contributed by atoms with Gasteiger partial charge in [-0.2, -0.15) is 22.9 Å². The Kier molecular flexibility index (Phi) is 6.73. The molecule has 0 saturated heterocycles. The summed E-state index contributed by atoms with van der Waals surface area (Å²) in [5, 5.41) is 4.46. The smallest absolute Gasteiger partial charge is 0.416 e. The number of hydrogen-bond donors (Lipinski definition) is 1. The number of nitrogens with zero attached hydrogens (tertiary/aromatic N) is 3. The number of carbonyl (C=O) groups is 1. The Morgan fingerprint density at radius 2 is 1.86 bits per heavy atom. The number of methoxy groups -OCH3 is 1. The molecule has 4 rings (SSSR count). The van der Waals surface area contributed by atoms with Crippen LogP contribution in [-0.2, 0) is 11.0 Å². The van der Waals surface area contributed by atoms with E-state index in [1.807, 2.05) is 0 Å². The average molecular weight is 496 g/mol. The van der Waals surface area contributed by atoms with Gasteiger partial charge in [-0.05, 0) is 36.4 Å². The van der Waals surface area contributed by atoms with Crippen LogP contribution in [0.5, 0.6) is 11.5 Å². The third-order valence-electron chi connectivity index (χ3n) is 5.10. The SMILES string of the molecule is COc1cccc(C=Nn2c(-c3cccc(C(F)(F)F)c3)nc3ccccc3c2=O)c1OCC(N)=O. The van der Waals surface area contributed by atoms with Crippen LogP contribution in [0.15, 0.2) is 76.6 Å². The number of aromatic nitrogens is 2. The molecule has 0 aliphatic rings. The minimum absolute atomic E-state index is 0.0423. The number of ether oxygens (including phenoxy) is 2. The van der Waals surface area contributed by atoms with E-state index in [0.29, 0.717) is 11.1 Å². The predicted octanol–water partition coefficient (Wildman–Crippen LogP) is 3.84. The molecule has 0 radical (unpaired) electrons. The van der Waals surface area contributed by atoms with Crippen molar-refractivity contribution in [1.29, 1.82) is 0 Å². The summed E-state index contributed by atoms with van der Waals surface area (Å²) in [5.74, 6) is -0.388. The van der Waals surface area contributed by atoms with Crippen molar-refractivity contribution in [3.05, 3.63) is 88.2 Å². The zero-order valence-electron chi connectivity index (χ0n) is 18.8. The number of nitrogens with two attached hydrogens (primary N) is 1. The number of carbonyl (C=O) groups excluding carboxylic acids is 1. The number of halogens is 3. The third-order valence-corrected chi connectivity index (χ3v) is 5.10. The van der Waals surface area contributed by atoms with E-state index in [2.05, 4.69) is 10.1 Å². The molecule has 2 N–H and O–H groups in total. The van der Waals surface area contributed by atoms with Gasteiger partial charge in [-0.1, -0.05) is 30.3 Å². The van der Waals surface area contributed by atoms with Crippen LogP contribution in [0.3, 0.4) is 0 Å². The van der Waals surface area contributed by atoms with E-state index < -0.39 is 29.8 Å². The Hall–Kier alpha value is -4.67. The Morgan fingerprint density at radius 1 is 1.11 bits per heavy atom. The predicted molar refractivity (Wildman–Crippen MR) is 127 cm³/mol. The molecule has 0 aliphatic heterocycles. The van der Waals surface area contributed by atoms with Crippen LogP contribution in [0, 0.1) is 0 Å². The van der Waals surface area contributed by atoms with E-state index in [1.165, 1.54) is 25.5 Å². The van der Waals surface area contributed by atoms with Gasteiger partial charge in [0.1, 0.15) is 0 Å². The molecule has 0 fully saturated rings. The van der Waals surface area contributed by atoms with E-state index in [4.69, 9.17) is 15.2 Å². The summed E-state index contributed by atoms with van der Waals surface area (Å²) in [5.41, 5.74) is 4.35. The van der Waals surface area contributed by atoms with Gasteiger partial charge >= 0.3 is 6.18 Å². The quantitative estimate of drug-likeness (QED) is 0.391. The molecular weight excluding hydrogens is 477 g/mol. The first kappa shape index (κ1) is 24.5. The molecule has 11 heteroatoms. The zero-order valence-corrected chi connectivity index (χ0v) is 18.8. The highest BCUT2D eigenvalue weighted by Gasteiger charge is 2.31. The lowest BCUT2D eigenvalue weighted by atomic mass is 10.1. The van der Waals surface area contributed by atoms with Gasteiger partial charge in [-0.3, -0.25) is 9.59 Å². The van der Waals surface area contributed by atoms with Crippen molar-refractivity contribution in [3.63, 3.8) is 0 Å². The number of hydrogen-bond acceptors (Lipinski definition) is 6. The van der Waals surface area contributed by atoms with Crippen LogP contribution in [-0.4, -0.2) is 35.5 Å². The maximum atomic E-state index is 13.4. The topological polar surface area (TPSA) is 109 Å². The van der Waals surface area contributed by atoms with Crippen molar-refractivity contribution >= 4 is 23.0 Å². The molecule has 0 aliphatic carbocycles. The monoisotopic (exact) mass is 496 g/mol. The van der Waals surface area contributed by atoms with Crippen LogP contribution in [0.4, 0.5) is 13.2 Å². The second kappa shape index (κ2) is 9.90. The maximum absolute atomic E-state index is 13.4. The fraction of sp³-hybridized carbons (Fsp3) is 0.120. The lowest BCUT2D eigenvalue weighted by Crippen LogP contribution is -2.21. The maximum Gasteiger partial charge on any atom is 0.416 e. The Labute approximate surface area is 202 Å². The molecule has 0 atom stereocenters. The number of primary amides is 1. The molecule has 8 nitrogen and oxygen atoms in total. The summed E-state index contributed by atoms with van der Waals surface area (Å²) in [6.07, 6.45) is -3.33. The van der Waals surface area contributed by atoms with Gasteiger partial charge in [0, 0.05) is 11.1 Å². The minimum atomic E-state index is -4.59. The first-order valence-corrected chi connectivity index (χ1v) is 10.5. The first-order valence-electron chi connectivity index (χ1n) is 10.5. The van der Waals surface area contributed by atoms with Crippen LogP contribution in [0.1, 0.15) is 11.1 Å². The highest BCUT2D eigenvalue weighted by molar-refractivity contribution is 5.86. The van der Waals surface area contributed by atoms with E-state index >= 15 is 0 Å². The zero-order chi connectivity index (χ0) is 25.9. The second-order valence-corrected chi connectivity index (χ2v) is 7.53. The molecule has 0 bridgehead atoms. The molecule has 4 aromatic rings. The molecule has 184 valence electrons. The molecule has 3 aromatic carbocycles. The average Bonchev–Trinajstić information content (AvgIpc) is 2.86.